The molecule has 1 amide bonds. The third-order valence-electron chi connectivity index (χ3n) is 6.91. The third-order valence-corrected chi connectivity index (χ3v) is 6.91. The van der Waals surface area contributed by atoms with Gasteiger partial charge in [0.1, 0.15) is 11.6 Å². The van der Waals surface area contributed by atoms with E-state index in [0.717, 1.165) is 27.6 Å². The van der Waals surface area contributed by atoms with E-state index < -0.39 is 0 Å². The van der Waals surface area contributed by atoms with Crippen LogP contribution in [0.15, 0.2) is 79.3 Å². The third kappa shape index (κ3) is 5.00. The molecule has 39 heavy (non-hydrogen) atoms. The lowest BCUT2D eigenvalue weighted by Gasteiger charge is -2.26. The molecule has 0 saturated carbocycles. The van der Waals surface area contributed by atoms with Gasteiger partial charge in [0.25, 0.3) is 0 Å². The Kier molecular flexibility index (Phi) is 6.81. The molecule has 0 bridgehead atoms. The van der Waals surface area contributed by atoms with Crippen LogP contribution in [0.4, 0.5) is 8.78 Å². The van der Waals surface area contributed by atoms with Gasteiger partial charge in [-0.25, -0.2) is 18.4 Å². The number of ether oxygens (including phenoxy) is 1. The summed E-state index contributed by atoms with van der Waals surface area (Å²) in [7, 11) is 0. The van der Waals surface area contributed by atoms with Gasteiger partial charge in [0.15, 0.2) is 5.65 Å². The Balaban J connectivity index is 1.54. The SMILES string of the molecule is O=C(CCn1ncc2c(-c3ccc(F)cc3)c(-c3ccncc3)c(-c3ccc(F)cc3)nc21)N1CCOCC1. The lowest BCUT2D eigenvalue weighted by molar-refractivity contribution is -0.135. The number of pyridine rings is 2. The number of carbonyl (C=O) groups is 1. The van der Waals surface area contributed by atoms with E-state index >= 15 is 0 Å². The van der Waals surface area contributed by atoms with Crippen molar-refractivity contribution < 1.29 is 18.3 Å². The molecule has 6 rings (SSSR count). The summed E-state index contributed by atoms with van der Waals surface area (Å²) in [4.78, 5) is 23.9. The van der Waals surface area contributed by atoms with Gasteiger partial charge in [-0.2, -0.15) is 5.10 Å². The van der Waals surface area contributed by atoms with E-state index in [9.17, 15) is 13.6 Å². The molecule has 9 heteroatoms. The molecule has 0 N–H and O–H groups in total. The van der Waals surface area contributed by atoms with Crippen LogP contribution in [0.3, 0.4) is 0 Å². The van der Waals surface area contributed by atoms with Crippen molar-refractivity contribution >= 4 is 16.9 Å². The molecule has 3 aromatic heterocycles. The highest BCUT2D eigenvalue weighted by molar-refractivity contribution is 6.06. The van der Waals surface area contributed by atoms with Crippen LogP contribution in [-0.2, 0) is 16.1 Å². The van der Waals surface area contributed by atoms with E-state index in [1.165, 1.54) is 24.3 Å². The Morgan fingerprint density at radius 3 is 2.10 bits per heavy atom. The normalized spacial score (nSPS) is 13.6. The van der Waals surface area contributed by atoms with Crippen LogP contribution >= 0.6 is 0 Å². The van der Waals surface area contributed by atoms with Crippen LogP contribution in [0.25, 0.3) is 44.5 Å². The van der Waals surface area contributed by atoms with E-state index in [1.807, 2.05) is 12.1 Å². The molecule has 0 radical (unpaired) electrons. The van der Waals surface area contributed by atoms with E-state index in [-0.39, 0.29) is 24.0 Å². The van der Waals surface area contributed by atoms with Gasteiger partial charge in [0.2, 0.25) is 5.91 Å². The minimum Gasteiger partial charge on any atom is -0.378 e. The summed E-state index contributed by atoms with van der Waals surface area (Å²) in [6.07, 6.45) is 5.40. The summed E-state index contributed by atoms with van der Waals surface area (Å²) in [5.74, 6) is -0.658. The molecule has 0 atom stereocenters. The molecule has 0 spiro atoms. The average Bonchev–Trinajstić information content (AvgIpc) is 3.39. The van der Waals surface area contributed by atoms with E-state index in [4.69, 9.17) is 9.72 Å². The first kappa shape index (κ1) is 24.8. The summed E-state index contributed by atoms with van der Waals surface area (Å²) >= 11 is 0. The molecular weight excluding hydrogens is 500 g/mol. The molecule has 1 saturated heterocycles. The van der Waals surface area contributed by atoms with E-state index in [2.05, 4.69) is 10.1 Å². The second kappa shape index (κ2) is 10.7. The molecule has 196 valence electrons. The fourth-order valence-electron chi connectivity index (χ4n) is 4.96. The molecule has 1 aliphatic rings. The number of halogens is 2. The van der Waals surface area contributed by atoms with Gasteiger partial charge in [-0.3, -0.25) is 9.78 Å². The number of nitrogens with zero attached hydrogens (tertiary/aromatic N) is 5. The van der Waals surface area contributed by atoms with Gasteiger partial charge in [-0.15, -0.1) is 0 Å². The van der Waals surface area contributed by atoms with Crippen molar-refractivity contribution in [2.24, 2.45) is 0 Å². The Labute approximate surface area is 223 Å². The summed E-state index contributed by atoms with van der Waals surface area (Å²) in [6, 6.07) is 16.2. The molecule has 0 aliphatic carbocycles. The lowest BCUT2D eigenvalue weighted by atomic mass is 9.89. The van der Waals surface area contributed by atoms with Crippen LogP contribution in [0.1, 0.15) is 6.42 Å². The predicted molar refractivity (Wildman–Crippen MR) is 144 cm³/mol. The van der Waals surface area contributed by atoms with Crippen molar-refractivity contribution in [1.29, 1.82) is 0 Å². The van der Waals surface area contributed by atoms with Crippen molar-refractivity contribution in [2.45, 2.75) is 13.0 Å². The number of carbonyl (C=O) groups excluding carboxylic acids is 1. The number of amides is 1. The standard InChI is InChI=1S/C30H25F2N5O2/c31-23-5-1-20(2-6-23)27-25-19-34-37(14-11-26(38)36-15-17-39-18-16-36)30(25)35-29(22-3-7-24(32)8-4-22)28(27)21-9-12-33-13-10-21/h1-10,12-13,19H,11,14-18H2. The van der Waals surface area contributed by atoms with Crippen LogP contribution in [0, 0.1) is 11.6 Å². The number of hydrogen-bond acceptors (Lipinski definition) is 5. The van der Waals surface area contributed by atoms with Crippen molar-refractivity contribution in [1.82, 2.24) is 24.6 Å². The maximum atomic E-state index is 13.9. The van der Waals surface area contributed by atoms with E-state index in [0.29, 0.717) is 49.8 Å². The summed E-state index contributed by atoms with van der Waals surface area (Å²) in [6.45, 7) is 2.58. The first-order valence-electron chi connectivity index (χ1n) is 12.8. The van der Waals surface area contributed by atoms with Crippen LogP contribution < -0.4 is 0 Å². The molecule has 5 aromatic rings. The quantitative estimate of drug-likeness (QED) is 0.299. The smallest absolute Gasteiger partial charge is 0.224 e. The van der Waals surface area contributed by atoms with Crippen molar-refractivity contribution in [3.8, 4) is 33.5 Å². The number of morpholine rings is 1. The maximum Gasteiger partial charge on any atom is 0.224 e. The van der Waals surface area contributed by atoms with Crippen LogP contribution in [-0.4, -0.2) is 56.9 Å². The molecule has 4 heterocycles. The first-order chi connectivity index (χ1) is 19.1. The van der Waals surface area contributed by atoms with Gasteiger partial charge >= 0.3 is 0 Å². The summed E-state index contributed by atoms with van der Waals surface area (Å²) in [5, 5.41) is 5.37. The highest BCUT2D eigenvalue weighted by atomic mass is 19.1. The second-order valence-corrected chi connectivity index (χ2v) is 9.31. The average molecular weight is 526 g/mol. The highest BCUT2D eigenvalue weighted by Gasteiger charge is 2.23. The van der Waals surface area contributed by atoms with Gasteiger partial charge in [0.05, 0.1) is 31.6 Å². The number of rotatable bonds is 6. The number of aryl methyl sites for hydroxylation is 1. The zero-order chi connectivity index (χ0) is 26.8. The Morgan fingerprint density at radius 2 is 1.44 bits per heavy atom. The summed E-state index contributed by atoms with van der Waals surface area (Å²) in [5.41, 5.74) is 5.17. The first-order valence-corrected chi connectivity index (χ1v) is 12.8. The number of hydrogen-bond donors (Lipinski definition) is 0. The highest BCUT2D eigenvalue weighted by Crippen LogP contribution is 2.43. The molecule has 1 aliphatic heterocycles. The number of benzene rings is 2. The van der Waals surface area contributed by atoms with Crippen molar-refractivity contribution in [3.63, 3.8) is 0 Å². The van der Waals surface area contributed by atoms with Gasteiger partial charge < -0.3 is 9.64 Å². The minimum absolute atomic E-state index is 0.0351. The minimum atomic E-state index is -0.351. The molecule has 0 unspecified atom stereocenters. The monoisotopic (exact) mass is 525 g/mol. The largest absolute Gasteiger partial charge is 0.378 e. The topological polar surface area (TPSA) is 73.1 Å². The second-order valence-electron chi connectivity index (χ2n) is 9.31. The summed E-state index contributed by atoms with van der Waals surface area (Å²) < 4.78 is 34.9. The van der Waals surface area contributed by atoms with Crippen LogP contribution in [0.5, 0.6) is 0 Å². The van der Waals surface area contributed by atoms with Gasteiger partial charge in [-0.05, 0) is 59.7 Å². The number of aromatic nitrogens is 4. The number of fused-ring (bicyclic) bond motifs is 1. The molecule has 1 fully saturated rings. The van der Waals surface area contributed by atoms with Crippen molar-refractivity contribution in [3.05, 3.63) is 90.9 Å². The Hall–Kier alpha value is -4.50. The fraction of sp³-hybridized carbons (Fsp3) is 0.200. The van der Waals surface area contributed by atoms with Gasteiger partial charge in [-0.1, -0.05) is 12.1 Å². The zero-order valence-electron chi connectivity index (χ0n) is 21.1. The van der Waals surface area contributed by atoms with Crippen molar-refractivity contribution in [2.75, 3.05) is 26.3 Å². The maximum absolute atomic E-state index is 13.9. The molecular formula is C30H25F2N5O2. The Morgan fingerprint density at radius 1 is 0.821 bits per heavy atom. The predicted octanol–water partition coefficient (Wildman–Crippen LogP) is 5.35. The Bertz CT molecular complexity index is 1610. The molecule has 2 aromatic carbocycles. The zero-order valence-corrected chi connectivity index (χ0v) is 21.1. The van der Waals surface area contributed by atoms with Gasteiger partial charge in [0, 0.05) is 54.0 Å². The van der Waals surface area contributed by atoms with E-state index in [1.54, 1.807) is 52.4 Å². The lowest BCUT2D eigenvalue weighted by Crippen LogP contribution is -2.41. The fourth-order valence-corrected chi connectivity index (χ4v) is 4.96. The van der Waals surface area contributed by atoms with Crippen LogP contribution in [0.2, 0.25) is 0 Å². The molecule has 7 nitrogen and oxygen atoms in total.